The largest absolute Gasteiger partial charge is 0.304 e. The van der Waals surface area contributed by atoms with Crippen molar-refractivity contribution in [3.05, 3.63) is 48.5 Å². The van der Waals surface area contributed by atoms with Crippen LogP contribution in [0.15, 0.2) is 42.9 Å². The number of aryl methyl sites for hydroxylation is 1. The highest BCUT2D eigenvalue weighted by atomic mass is 16.1. The van der Waals surface area contributed by atoms with Crippen molar-refractivity contribution >= 4 is 16.6 Å². The lowest BCUT2D eigenvalue weighted by atomic mass is 10.0. The monoisotopic (exact) mass is 366 g/mol. The van der Waals surface area contributed by atoms with Crippen molar-refractivity contribution in [1.29, 1.82) is 0 Å². The summed E-state index contributed by atoms with van der Waals surface area (Å²) < 4.78 is 23.4. The predicted molar refractivity (Wildman–Crippen MR) is 107 cm³/mol. The average molecular weight is 366 g/mol. The van der Waals surface area contributed by atoms with Gasteiger partial charge in [0.1, 0.15) is 0 Å². The summed E-state index contributed by atoms with van der Waals surface area (Å²) in [4.78, 5) is 21.4. The number of carbonyl (C=O) groups excluding carboxylic acids is 1. The van der Waals surface area contributed by atoms with Gasteiger partial charge < -0.3 is 4.90 Å². The van der Waals surface area contributed by atoms with Crippen molar-refractivity contribution in [3.8, 4) is 11.1 Å². The molecule has 0 atom stereocenters. The molecule has 0 unspecified atom stereocenters. The zero-order valence-corrected chi connectivity index (χ0v) is 15.4. The summed E-state index contributed by atoms with van der Waals surface area (Å²) in [6.45, 7) is 1.98. The molecule has 0 spiro atoms. The summed E-state index contributed by atoms with van der Waals surface area (Å²) in [5.74, 6) is 0.168. The van der Waals surface area contributed by atoms with E-state index >= 15 is 0 Å². The molecule has 0 saturated carbocycles. The minimum absolute atomic E-state index is 0.168. The van der Waals surface area contributed by atoms with Gasteiger partial charge in [0.25, 0.3) is 0 Å². The van der Waals surface area contributed by atoms with Crippen LogP contribution in [0.25, 0.3) is 21.9 Å². The summed E-state index contributed by atoms with van der Waals surface area (Å²) in [5.41, 5.74) is 2.36. The number of ketones is 1. The Morgan fingerprint density at radius 3 is 2.74 bits per heavy atom. The molecule has 1 aromatic carbocycles. The second kappa shape index (κ2) is 7.58. The van der Waals surface area contributed by atoms with Crippen molar-refractivity contribution in [1.82, 2.24) is 24.6 Å². The molecule has 0 radical (unpaired) electrons. The van der Waals surface area contributed by atoms with Crippen LogP contribution in [-0.4, -0.2) is 70.1 Å². The number of pyridine rings is 1. The van der Waals surface area contributed by atoms with Gasteiger partial charge in [-0.3, -0.25) is 19.4 Å². The number of carbonyl (C=O) groups is 1. The topological polar surface area (TPSA) is 54.3 Å². The van der Waals surface area contributed by atoms with E-state index in [0.29, 0.717) is 13.0 Å². The molecule has 1 aliphatic rings. The molecule has 0 aliphatic carbocycles. The minimum Gasteiger partial charge on any atom is -0.304 e. The standard InChI is InChI=1S/C21H25N5O/c1-24-5-7-26(8-6-24)15-21(27)11-20-10-18-9-16(3-4-17(18)12-22-20)19-13-23-25(2)14-19/h3-4,9-10,12-14H,5-8,11,15H2,1-2H3/i2D3. The molecule has 6 nitrogen and oxygen atoms in total. The van der Waals surface area contributed by atoms with E-state index in [2.05, 4.69) is 26.9 Å². The fourth-order valence-electron chi connectivity index (χ4n) is 3.45. The molecule has 2 aromatic heterocycles. The van der Waals surface area contributed by atoms with Crippen molar-refractivity contribution in [2.24, 2.45) is 6.98 Å². The molecule has 0 amide bonds. The number of fused-ring (bicyclic) bond motifs is 1. The molecule has 3 heterocycles. The maximum Gasteiger partial charge on any atom is 0.152 e. The van der Waals surface area contributed by atoms with Gasteiger partial charge in [-0.15, -0.1) is 0 Å². The second-order valence-corrected chi connectivity index (χ2v) is 7.21. The van der Waals surface area contributed by atoms with Gasteiger partial charge in [-0.05, 0) is 30.1 Å². The Morgan fingerprint density at radius 2 is 1.96 bits per heavy atom. The molecular formula is C21H25N5O. The van der Waals surface area contributed by atoms with Crippen LogP contribution in [0.1, 0.15) is 9.81 Å². The van der Waals surface area contributed by atoms with Gasteiger partial charge >= 0.3 is 0 Å². The van der Waals surface area contributed by atoms with Crippen molar-refractivity contribution in [3.63, 3.8) is 0 Å². The average Bonchev–Trinajstić information content (AvgIpc) is 3.20. The van der Waals surface area contributed by atoms with Gasteiger partial charge in [-0.25, -0.2) is 0 Å². The minimum atomic E-state index is -2.30. The van der Waals surface area contributed by atoms with Gasteiger partial charge in [0.15, 0.2) is 5.78 Å². The van der Waals surface area contributed by atoms with Gasteiger partial charge in [0.05, 0.1) is 19.2 Å². The number of rotatable bonds is 5. The SMILES string of the molecule is [2H]C([2H])([2H])n1cc(-c2ccc3cnc(CC(=O)CN4CCN(C)CC4)cc3c2)cn1. The van der Waals surface area contributed by atoms with Gasteiger partial charge in [0.2, 0.25) is 0 Å². The van der Waals surface area contributed by atoms with E-state index in [1.165, 1.54) is 6.20 Å². The fraction of sp³-hybridized carbons (Fsp3) is 0.381. The van der Waals surface area contributed by atoms with Crippen molar-refractivity contribution in [2.45, 2.75) is 6.42 Å². The molecule has 0 N–H and O–H groups in total. The summed E-state index contributed by atoms with van der Waals surface area (Å²) in [7, 11) is 2.10. The van der Waals surface area contributed by atoms with Crippen LogP contribution in [0, 0.1) is 0 Å². The number of likely N-dealkylation sites (N-methyl/N-ethyl adjacent to an activating group) is 1. The number of hydrogen-bond donors (Lipinski definition) is 0. The van der Waals surface area contributed by atoms with Crippen molar-refractivity contribution in [2.75, 3.05) is 39.8 Å². The van der Waals surface area contributed by atoms with Crippen LogP contribution in [0.4, 0.5) is 0 Å². The Balaban J connectivity index is 1.49. The zero-order valence-electron chi connectivity index (χ0n) is 18.4. The van der Waals surface area contributed by atoms with Crippen LogP contribution in [0.2, 0.25) is 0 Å². The molecule has 1 aliphatic heterocycles. The smallest absolute Gasteiger partial charge is 0.152 e. The first-order chi connectivity index (χ1) is 14.3. The first-order valence-corrected chi connectivity index (χ1v) is 9.15. The highest BCUT2D eigenvalue weighted by molar-refractivity contribution is 5.88. The highest BCUT2D eigenvalue weighted by Crippen LogP contribution is 2.24. The number of piperazine rings is 1. The lowest BCUT2D eigenvalue weighted by Crippen LogP contribution is -2.46. The molecular weight excluding hydrogens is 338 g/mol. The van der Waals surface area contributed by atoms with Crippen LogP contribution in [0.5, 0.6) is 0 Å². The quantitative estimate of drug-likeness (QED) is 0.691. The van der Waals surface area contributed by atoms with Crippen LogP contribution in [0.3, 0.4) is 0 Å². The van der Waals surface area contributed by atoms with Crippen molar-refractivity contribution < 1.29 is 8.91 Å². The van der Waals surface area contributed by atoms with E-state index in [0.717, 1.165) is 58.5 Å². The number of benzene rings is 1. The Hall–Kier alpha value is -2.57. The van der Waals surface area contributed by atoms with Gasteiger partial charge in [-0.2, -0.15) is 5.10 Å². The van der Waals surface area contributed by atoms with E-state index in [1.54, 1.807) is 12.4 Å². The Bertz CT molecular complexity index is 1050. The maximum atomic E-state index is 12.5. The van der Waals surface area contributed by atoms with E-state index in [-0.39, 0.29) is 5.78 Å². The third-order valence-corrected chi connectivity index (χ3v) is 5.07. The third kappa shape index (κ3) is 4.23. The highest BCUT2D eigenvalue weighted by Gasteiger charge is 2.17. The molecule has 6 heteroatoms. The maximum absolute atomic E-state index is 12.5. The number of aromatic nitrogens is 3. The molecule has 0 bridgehead atoms. The van der Waals surface area contributed by atoms with Crippen LogP contribution in [-0.2, 0) is 18.2 Å². The lowest BCUT2D eigenvalue weighted by molar-refractivity contribution is -0.120. The predicted octanol–water partition coefficient (Wildman–Crippen LogP) is 1.99. The number of Topliss-reactive ketones (excluding diaryl/α,β-unsaturated/α-hetero) is 1. The molecule has 3 aromatic rings. The second-order valence-electron chi connectivity index (χ2n) is 7.21. The normalized spacial score (nSPS) is 18.2. The first-order valence-electron chi connectivity index (χ1n) is 10.6. The summed E-state index contributed by atoms with van der Waals surface area (Å²) in [5, 5.41) is 5.88. The van der Waals surface area contributed by atoms with E-state index in [9.17, 15) is 4.79 Å². The molecule has 140 valence electrons. The lowest BCUT2D eigenvalue weighted by Gasteiger charge is -2.31. The van der Waals surface area contributed by atoms with E-state index in [4.69, 9.17) is 4.11 Å². The van der Waals surface area contributed by atoms with Gasteiger partial charge in [0, 0.05) is 66.3 Å². The molecule has 1 fully saturated rings. The summed E-state index contributed by atoms with van der Waals surface area (Å²) in [6, 6.07) is 7.78. The van der Waals surface area contributed by atoms with E-state index in [1.807, 2.05) is 24.3 Å². The first kappa shape index (κ1) is 14.5. The number of nitrogens with zero attached hydrogens (tertiary/aromatic N) is 5. The number of hydrogen-bond acceptors (Lipinski definition) is 5. The van der Waals surface area contributed by atoms with Crippen LogP contribution >= 0.6 is 0 Å². The summed E-state index contributed by atoms with van der Waals surface area (Å²) in [6.07, 6.45) is 5.16. The Kier molecular flexibility index (Phi) is 4.07. The Morgan fingerprint density at radius 1 is 1.11 bits per heavy atom. The van der Waals surface area contributed by atoms with E-state index < -0.39 is 6.98 Å². The molecule has 1 saturated heterocycles. The third-order valence-electron chi connectivity index (χ3n) is 5.07. The summed E-state index contributed by atoms with van der Waals surface area (Å²) >= 11 is 0. The molecule has 27 heavy (non-hydrogen) atoms. The zero-order chi connectivity index (χ0) is 21.3. The van der Waals surface area contributed by atoms with Gasteiger partial charge in [-0.1, -0.05) is 12.1 Å². The van der Waals surface area contributed by atoms with Crippen LogP contribution < -0.4 is 0 Å². The molecule has 4 rings (SSSR count). The fourth-order valence-corrected chi connectivity index (χ4v) is 3.45. The Labute approximate surface area is 163 Å².